The van der Waals surface area contributed by atoms with Gasteiger partial charge in [-0.15, -0.1) is 0 Å². The molecule has 1 saturated heterocycles. The van der Waals surface area contributed by atoms with Crippen molar-refractivity contribution in [2.24, 2.45) is 0 Å². The van der Waals surface area contributed by atoms with E-state index < -0.39 is 43.9 Å². The number of aromatic nitrogens is 1. The predicted octanol–water partition coefficient (Wildman–Crippen LogP) is 5.64. The summed E-state index contributed by atoms with van der Waals surface area (Å²) in [6.45, 7) is 2.08. The maximum atomic E-state index is 14.8. The van der Waals surface area contributed by atoms with Gasteiger partial charge in [-0.05, 0) is 55.9 Å². The van der Waals surface area contributed by atoms with Gasteiger partial charge in [-0.3, -0.25) is 4.72 Å². The molecule has 1 fully saturated rings. The SMILES string of the molecule is COc1c(F)c(F)c(F)c(F)c1S(=O)(=O)Nc1cc2c(nc1OC[C@H]1CCCN1C)CN(c1cccc3ccccc13)CC2. The van der Waals surface area contributed by atoms with Crippen LogP contribution in [0.1, 0.15) is 24.1 Å². The molecule has 0 amide bonds. The Morgan fingerprint density at radius 3 is 2.50 bits per heavy atom. The average molecular weight is 631 g/mol. The third kappa shape index (κ3) is 5.38. The summed E-state index contributed by atoms with van der Waals surface area (Å²) in [4.78, 5) is 7.50. The normalized spacial score (nSPS) is 17.1. The first-order chi connectivity index (χ1) is 21.1. The van der Waals surface area contributed by atoms with E-state index in [0.717, 1.165) is 43.0 Å². The van der Waals surface area contributed by atoms with Crippen LogP contribution in [0.3, 0.4) is 0 Å². The van der Waals surface area contributed by atoms with E-state index in [-0.39, 0.29) is 24.2 Å². The quantitative estimate of drug-likeness (QED) is 0.153. The molecule has 1 atom stereocenters. The van der Waals surface area contributed by atoms with Crippen LogP contribution in [0.15, 0.2) is 53.4 Å². The van der Waals surface area contributed by atoms with E-state index in [0.29, 0.717) is 30.8 Å². The van der Waals surface area contributed by atoms with Gasteiger partial charge in [0.15, 0.2) is 22.3 Å². The standard InChI is InChI=1S/C31H30F4N4O4S/c1-38-13-6-9-20(38)17-43-31-22(37-44(40,41)30-28(35)26(33)25(32)27(34)29(30)42-2)15-19-12-14-39(16-23(19)36-31)24-11-5-8-18-7-3-4-10-21(18)24/h3-5,7-8,10-11,15,20,37H,6,9,12-14,16-17H2,1-2H3/t20-/m1/s1. The largest absolute Gasteiger partial charge is 0.492 e. The number of methoxy groups -OCH3 is 1. The number of benzene rings is 3. The summed E-state index contributed by atoms with van der Waals surface area (Å²) in [5, 5.41) is 2.17. The minimum Gasteiger partial charge on any atom is -0.492 e. The summed E-state index contributed by atoms with van der Waals surface area (Å²) in [6, 6.07) is 15.7. The maximum absolute atomic E-state index is 14.8. The molecule has 1 N–H and O–H groups in total. The fraction of sp³-hybridized carbons (Fsp3) is 0.323. The minimum absolute atomic E-state index is 0.0577. The van der Waals surface area contributed by atoms with Crippen LogP contribution in [-0.4, -0.2) is 58.2 Å². The topological polar surface area (TPSA) is 84.0 Å². The smallest absolute Gasteiger partial charge is 0.268 e. The minimum atomic E-state index is -5.06. The van der Waals surface area contributed by atoms with Crippen molar-refractivity contribution in [2.45, 2.75) is 36.7 Å². The molecule has 1 aromatic heterocycles. The van der Waals surface area contributed by atoms with Crippen molar-refractivity contribution in [3.63, 3.8) is 0 Å². The molecule has 13 heteroatoms. The zero-order valence-electron chi connectivity index (χ0n) is 24.0. The van der Waals surface area contributed by atoms with E-state index in [1.807, 2.05) is 49.5 Å². The first kappa shape index (κ1) is 29.9. The Balaban J connectivity index is 1.38. The van der Waals surface area contributed by atoms with Gasteiger partial charge in [-0.25, -0.2) is 26.6 Å². The highest BCUT2D eigenvalue weighted by molar-refractivity contribution is 7.92. The Morgan fingerprint density at radius 1 is 1.00 bits per heavy atom. The number of likely N-dealkylation sites (N-methyl/N-ethyl adjacent to an activating group) is 1. The molecular weight excluding hydrogens is 600 g/mol. The number of hydrogen-bond donors (Lipinski definition) is 1. The molecule has 2 aliphatic heterocycles. The van der Waals surface area contributed by atoms with Gasteiger partial charge in [-0.2, -0.15) is 4.39 Å². The molecule has 232 valence electrons. The van der Waals surface area contributed by atoms with Crippen LogP contribution >= 0.6 is 0 Å². The lowest BCUT2D eigenvalue weighted by Gasteiger charge is -2.32. The Morgan fingerprint density at radius 2 is 1.75 bits per heavy atom. The molecule has 0 spiro atoms. The number of rotatable bonds is 8. The Hall–Kier alpha value is -4.10. The van der Waals surface area contributed by atoms with Crippen molar-refractivity contribution in [3.8, 4) is 11.6 Å². The van der Waals surface area contributed by atoms with E-state index in [1.54, 1.807) is 0 Å². The number of nitrogens with zero attached hydrogens (tertiary/aromatic N) is 3. The van der Waals surface area contributed by atoms with Gasteiger partial charge in [0.25, 0.3) is 10.0 Å². The molecule has 6 rings (SSSR count). The van der Waals surface area contributed by atoms with Gasteiger partial charge in [0.1, 0.15) is 12.3 Å². The van der Waals surface area contributed by atoms with Gasteiger partial charge < -0.3 is 19.3 Å². The Labute approximate surface area is 252 Å². The van der Waals surface area contributed by atoms with Gasteiger partial charge in [0.2, 0.25) is 17.5 Å². The fourth-order valence-corrected chi connectivity index (χ4v) is 7.17. The molecule has 2 aliphatic rings. The van der Waals surface area contributed by atoms with Crippen LogP contribution < -0.4 is 19.1 Å². The number of sulfonamides is 1. The van der Waals surface area contributed by atoms with Crippen LogP contribution in [0.5, 0.6) is 11.6 Å². The number of ether oxygens (including phenoxy) is 2. The third-order valence-corrected chi connectivity index (χ3v) is 9.63. The van der Waals surface area contributed by atoms with Crippen LogP contribution in [0, 0.1) is 23.3 Å². The van der Waals surface area contributed by atoms with E-state index >= 15 is 0 Å². The van der Waals surface area contributed by atoms with Crippen molar-refractivity contribution in [1.29, 1.82) is 0 Å². The second-order valence-corrected chi connectivity index (χ2v) is 12.5. The Bertz CT molecular complexity index is 1850. The summed E-state index contributed by atoms with van der Waals surface area (Å²) < 4.78 is 97.1. The van der Waals surface area contributed by atoms with Gasteiger partial charge in [-0.1, -0.05) is 36.4 Å². The monoisotopic (exact) mass is 630 g/mol. The molecule has 3 heterocycles. The lowest BCUT2D eigenvalue weighted by atomic mass is 10.0. The third-order valence-electron chi connectivity index (χ3n) is 8.24. The molecule has 0 unspecified atom stereocenters. The summed E-state index contributed by atoms with van der Waals surface area (Å²) in [5.41, 5.74) is 2.26. The van der Waals surface area contributed by atoms with Crippen molar-refractivity contribution >= 4 is 32.2 Å². The molecule has 0 aliphatic carbocycles. The summed E-state index contributed by atoms with van der Waals surface area (Å²) in [7, 11) is -2.28. The molecule has 8 nitrogen and oxygen atoms in total. The highest BCUT2D eigenvalue weighted by Gasteiger charge is 2.35. The number of fused-ring (bicyclic) bond motifs is 2. The average Bonchev–Trinajstić information content (AvgIpc) is 3.44. The van der Waals surface area contributed by atoms with Crippen molar-refractivity contribution in [3.05, 3.63) is 83.1 Å². The van der Waals surface area contributed by atoms with Crippen LogP contribution in [0.25, 0.3) is 10.8 Å². The number of likely N-dealkylation sites (tertiary alicyclic amines) is 1. The number of halogens is 4. The second kappa shape index (κ2) is 11.8. The van der Waals surface area contributed by atoms with Gasteiger partial charge in [0, 0.05) is 23.7 Å². The molecular formula is C31H30F4N4O4S. The summed E-state index contributed by atoms with van der Waals surface area (Å²) in [6.07, 6.45) is 2.33. The highest BCUT2D eigenvalue weighted by Crippen LogP contribution is 2.38. The molecule has 3 aromatic carbocycles. The van der Waals surface area contributed by atoms with Crippen molar-refractivity contribution in [2.75, 3.05) is 43.5 Å². The Kier molecular flexibility index (Phi) is 8.01. The lowest BCUT2D eigenvalue weighted by Crippen LogP contribution is -2.33. The molecule has 0 saturated carbocycles. The van der Waals surface area contributed by atoms with E-state index in [2.05, 4.69) is 19.3 Å². The lowest BCUT2D eigenvalue weighted by molar-refractivity contribution is 0.193. The first-order valence-corrected chi connectivity index (χ1v) is 15.6. The highest BCUT2D eigenvalue weighted by atomic mass is 32.2. The van der Waals surface area contributed by atoms with Crippen LogP contribution in [-0.2, 0) is 23.0 Å². The van der Waals surface area contributed by atoms with Crippen molar-refractivity contribution < 1.29 is 35.5 Å². The number of pyridine rings is 1. The van der Waals surface area contributed by atoms with Gasteiger partial charge >= 0.3 is 0 Å². The van der Waals surface area contributed by atoms with E-state index in [4.69, 9.17) is 9.72 Å². The number of nitrogens with one attached hydrogen (secondary N) is 1. The van der Waals surface area contributed by atoms with Crippen LogP contribution in [0.4, 0.5) is 28.9 Å². The predicted molar refractivity (Wildman–Crippen MR) is 158 cm³/mol. The molecule has 44 heavy (non-hydrogen) atoms. The zero-order valence-corrected chi connectivity index (χ0v) is 24.9. The number of hydrogen-bond acceptors (Lipinski definition) is 7. The van der Waals surface area contributed by atoms with Crippen LogP contribution in [0.2, 0.25) is 0 Å². The maximum Gasteiger partial charge on any atom is 0.268 e. The summed E-state index contributed by atoms with van der Waals surface area (Å²) in [5.74, 6) is -9.91. The molecule has 0 bridgehead atoms. The second-order valence-electron chi connectivity index (χ2n) is 10.9. The first-order valence-electron chi connectivity index (χ1n) is 14.1. The van der Waals surface area contributed by atoms with Gasteiger partial charge in [0.05, 0.1) is 19.3 Å². The van der Waals surface area contributed by atoms with Crippen molar-refractivity contribution in [1.82, 2.24) is 9.88 Å². The molecule has 0 radical (unpaired) electrons. The fourth-order valence-electron chi connectivity index (χ4n) is 5.89. The molecule has 4 aromatic rings. The summed E-state index contributed by atoms with van der Waals surface area (Å²) >= 11 is 0. The van der Waals surface area contributed by atoms with E-state index in [9.17, 15) is 26.0 Å². The zero-order chi connectivity index (χ0) is 31.2. The number of anilines is 2. The van der Waals surface area contributed by atoms with E-state index in [1.165, 1.54) is 6.07 Å².